The highest BCUT2D eigenvalue weighted by molar-refractivity contribution is 5.77. The molecule has 1 heterocycles. The van der Waals surface area contributed by atoms with Gasteiger partial charge < -0.3 is 15.5 Å². The van der Waals surface area contributed by atoms with Crippen molar-refractivity contribution in [3.05, 3.63) is 0 Å². The van der Waals surface area contributed by atoms with E-state index in [2.05, 4.69) is 23.9 Å². The maximum absolute atomic E-state index is 12.0. The van der Waals surface area contributed by atoms with Crippen LogP contribution < -0.4 is 5.73 Å². The van der Waals surface area contributed by atoms with Gasteiger partial charge in [-0.1, -0.05) is 0 Å². The first kappa shape index (κ1) is 15.4. The minimum absolute atomic E-state index is 0.215. The molecule has 5 nitrogen and oxygen atoms in total. The summed E-state index contributed by atoms with van der Waals surface area (Å²) in [7, 11) is 6.13. The summed E-state index contributed by atoms with van der Waals surface area (Å²) in [6.45, 7) is 4.02. The van der Waals surface area contributed by atoms with Crippen LogP contribution >= 0.6 is 0 Å². The number of hydrogen-bond acceptors (Lipinski definition) is 4. The molecule has 1 aliphatic heterocycles. The Morgan fingerprint density at radius 1 is 1.28 bits per heavy atom. The lowest BCUT2D eigenvalue weighted by Gasteiger charge is -2.35. The first-order chi connectivity index (χ1) is 8.54. The summed E-state index contributed by atoms with van der Waals surface area (Å²) in [6.07, 6.45) is 3.20. The fraction of sp³-hybridized carbons (Fsp3) is 0.923. The van der Waals surface area contributed by atoms with Crippen LogP contribution in [-0.4, -0.2) is 80.5 Å². The predicted molar refractivity (Wildman–Crippen MR) is 74.5 cm³/mol. The number of piperidine rings is 1. The van der Waals surface area contributed by atoms with Crippen molar-refractivity contribution in [1.29, 1.82) is 0 Å². The van der Waals surface area contributed by atoms with Gasteiger partial charge in [0.1, 0.15) is 0 Å². The van der Waals surface area contributed by atoms with Crippen molar-refractivity contribution in [2.24, 2.45) is 5.73 Å². The second-order valence-corrected chi connectivity index (χ2v) is 5.43. The lowest BCUT2D eigenvalue weighted by Crippen LogP contribution is -2.46. The average Bonchev–Trinajstić information content (AvgIpc) is 2.36. The van der Waals surface area contributed by atoms with Crippen molar-refractivity contribution >= 4 is 5.91 Å². The second kappa shape index (κ2) is 7.71. The molecule has 1 fully saturated rings. The molecule has 0 aromatic rings. The van der Waals surface area contributed by atoms with Gasteiger partial charge in [-0.3, -0.25) is 9.69 Å². The number of nitrogens with zero attached hydrogens (tertiary/aromatic N) is 3. The Hall–Kier alpha value is -0.650. The van der Waals surface area contributed by atoms with Crippen LogP contribution in [0.15, 0.2) is 0 Å². The van der Waals surface area contributed by atoms with Gasteiger partial charge in [0, 0.05) is 32.7 Å². The highest BCUT2D eigenvalue weighted by atomic mass is 16.2. The van der Waals surface area contributed by atoms with Crippen molar-refractivity contribution in [1.82, 2.24) is 14.7 Å². The third-order valence-corrected chi connectivity index (χ3v) is 3.77. The van der Waals surface area contributed by atoms with Crippen LogP contribution in [0.1, 0.15) is 19.3 Å². The van der Waals surface area contributed by atoms with Crippen LogP contribution in [0.5, 0.6) is 0 Å². The predicted octanol–water partition coefficient (Wildman–Crippen LogP) is -0.180. The van der Waals surface area contributed by atoms with E-state index < -0.39 is 0 Å². The molecule has 0 atom stereocenters. The lowest BCUT2D eigenvalue weighted by atomic mass is 10.0. The summed E-state index contributed by atoms with van der Waals surface area (Å²) in [4.78, 5) is 18.3. The van der Waals surface area contributed by atoms with Gasteiger partial charge in [-0.15, -0.1) is 0 Å². The third kappa shape index (κ3) is 4.92. The molecule has 0 aromatic carbocycles. The summed E-state index contributed by atoms with van der Waals surface area (Å²) in [5.41, 5.74) is 5.45. The lowest BCUT2D eigenvalue weighted by molar-refractivity contribution is -0.131. The van der Waals surface area contributed by atoms with E-state index in [1.807, 2.05) is 7.05 Å². The maximum Gasteiger partial charge on any atom is 0.236 e. The van der Waals surface area contributed by atoms with Crippen LogP contribution in [0.25, 0.3) is 0 Å². The summed E-state index contributed by atoms with van der Waals surface area (Å²) in [6, 6.07) is 0.673. The Bertz CT molecular complexity index is 249. The first-order valence-electron chi connectivity index (χ1n) is 6.87. The van der Waals surface area contributed by atoms with Gasteiger partial charge in [0.15, 0.2) is 0 Å². The van der Waals surface area contributed by atoms with Crippen molar-refractivity contribution in [3.8, 4) is 0 Å². The van der Waals surface area contributed by atoms with Gasteiger partial charge >= 0.3 is 0 Å². The third-order valence-electron chi connectivity index (χ3n) is 3.77. The molecule has 1 aliphatic rings. The molecule has 1 rings (SSSR count). The van der Waals surface area contributed by atoms with E-state index >= 15 is 0 Å². The molecule has 0 aliphatic carbocycles. The number of carbonyl (C=O) groups excluding carboxylic acids is 1. The number of amides is 1. The van der Waals surface area contributed by atoms with Crippen LogP contribution in [0, 0.1) is 0 Å². The number of likely N-dealkylation sites (tertiary alicyclic amines) is 1. The van der Waals surface area contributed by atoms with Gasteiger partial charge in [-0.25, -0.2) is 0 Å². The average molecular weight is 256 g/mol. The summed E-state index contributed by atoms with van der Waals surface area (Å²) < 4.78 is 0. The largest absolute Gasteiger partial charge is 0.345 e. The summed E-state index contributed by atoms with van der Waals surface area (Å²) >= 11 is 0. The van der Waals surface area contributed by atoms with Crippen molar-refractivity contribution in [2.75, 3.05) is 53.9 Å². The van der Waals surface area contributed by atoms with Gasteiger partial charge in [0.2, 0.25) is 5.91 Å². The normalized spacial score (nSPS) is 18.3. The quantitative estimate of drug-likeness (QED) is 0.716. The zero-order chi connectivity index (χ0) is 13.5. The Morgan fingerprint density at radius 3 is 2.39 bits per heavy atom. The molecule has 2 N–H and O–H groups in total. The van der Waals surface area contributed by atoms with Gasteiger partial charge in [0.25, 0.3) is 0 Å². The molecular weight excluding hydrogens is 228 g/mol. The molecule has 0 spiro atoms. The fourth-order valence-electron chi connectivity index (χ4n) is 2.36. The molecule has 0 saturated carbocycles. The van der Waals surface area contributed by atoms with E-state index in [4.69, 9.17) is 5.73 Å². The van der Waals surface area contributed by atoms with Crippen molar-refractivity contribution < 1.29 is 4.79 Å². The standard InChI is InChI=1S/C13H28N4O/c1-15(2)12-5-9-17(10-6-12)11-13(18)16(3)8-4-7-14/h12H,4-11,14H2,1-3H3. The Labute approximate surface area is 111 Å². The second-order valence-electron chi connectivity index (χ2n) is 5.43. The highest BCUT2D eigenvalue weighted by Crippen LogP contribution is 2.13. The Balaban J connectivity index is 2.25. The van der Waals surface area contributed by atoms with Crippen LogP contribution in [-0.2, 0) is 4.79 Å². The van der Waals surface area contributed by atoms with E-state index in [0.29, 0.717) is 19.1 Å². The van der Waals surface area contributed by atoms with Gasteiger partial charge in [-0.05, 0) is 39.9 Å². The molecule has 0 bridgehead atoms. The molecule has 0 unspecified atom stereocenters. The minimum Gasteiger partial charge on any atom is -0.345 e. The molecule has 106 valence electrons. The van der Waals surface area contributed by atoms with Crippen molar-refractivity contribution in [3.63, 3.8) is 0 Å². The van der Waals surface area contributed by atoms with E-state index in [1.165, 1.54) is 0 Å². The topological polar surface area (TPSA) is 52.8 Å². The molecule has 5 heteroatoms. The first-order valence-corrected chi connectivity index (χ1v) is 6.87. The number of nitrogens with two attached hydrogens (primary N) is 1. The van der Waals surface area contributed by atoms with Crippen molar-refractivity contribution in [2.45, 2.75) is 25.3 Å². The molecule has 18 heavy (non-hydrogen) atoms. The molecule has 0 aromatic heterocycles. The zero-order valence-corrected chi connectivity index (χ0v) is 12.1. The Kier molecular flexibility index (Phi) is 6.60. The number of carbonyl (C=O) groups is 1. The molecule has 1 saturated heterocycles. The van der Waals surface area contributed by atoms with E-state index in [1.54, 1.807) is 4.90 Å². The monoisotopic (exact) mass is 256 g/mol. The van der Waals surface area contributed by atoms with Crippen LogP contribution in [0.3, 0.4) is 0 Å². The van der Waals surface area contributed by atoms with Gasteiger partial charge in [0.05, 0.1) is 6.54 Å². The number of likely N-dealkylation sites (N-methyl/N-ethyl adjacent to an activating group) is 1. The van der Waals surface area contributed by atoms with E-state index in [0.717, 1.165) is 38.9 Å². The molecule has 1 amide bonds. The van der Waals surface area contributed by atoms with Crippen LogP contribution in [0.2, 0.25) is 0 Å². The van der Waals surface area contributed by atoms with E-state index in [-0.39, 0.29) is 5.91 Å². The Morgan fingerprint density at radius 2 is 1.89 bits per heavy atom. The summed E-state index contributed by atoms with van der Waals surface area (Å²) in [5.74, 6) is 0.215. The van der Waals surface area contributed by atoms with E-state index in [9.17, 15) is 4.79 Å². The van der Waals surface area contributed by atoms with Gasteiger partial charge in [-0.2, -0.15) is 0 Å². The number of hydrogen-bond donors (Lipinski definition) is 1. The highest BCUT2D eigenvalue weighted by Gasteiger charge is 2.22. The maximum atomic E-state index is 12.0. The number of rotatable bonds is 6. The SMILES string of the molecule is CN(CCCN)C(=O)CN1CCC(N(C)C)CC1. The molecule has 0 radical (unpaired) electrons. The molecular formula is C13H28N4O. The van der Waals surface area contributed by atoms with Crippen LogP contribution in [0.4, 0.5) is 0 Å². The fourth-order valence-corrected chi connectivity index (χ4v) is 2.36. The zero-order valence-electron chi connectivity index (χ0n) is 12.1. The smallest absolute Gasteiger partial charge is 0.236 e. The minimum atomic E-state index is 0.215. The summed E-state index contributed by atoms with van der Waals surface area (Å²) in [5, 5.41) is 0.